The minimum Gasteiger partial charge on any atom is -0.478 e. The zero-order chi connectivity index (χ0) is 29.0. The Hall–Kier alpha value is -0.530. The van der Waals surface area contributed by atoms with Crippen LogP contribution >= 0.6 is 0 Å². The second kappa shape index (κ2) is 27.3. The second-order valence-corrected chi connectivity index (χ2v) is 14.0. The van der Waals surface area contributed by atoms with Crippen molar-refractivity contribution in [2.24, 2.45) is 10.9 Å². The van der Waals surface area contributed by atoms with Crippen LogP contribution in [0.1, 0.15) is 220 Å². The van der Waals surface area contributed by atoms with E-state index in [1.165, 1.54) is 193 Å². The summed E-state index contributed by atoms with van der Waals surface area (Å²) in [5.74, 6) is 1.66. The largest absolute Gasteiger partial charge is 0.478 e. The van der Waals surface area contributed by atoms with Crippen LogP contribution in [0.25, 0.3) is 0 Å². The van der Waals surface area contributed by atoms with Gasteiger partial charge >= 0.3 is 0 Å². The molecule has 238 valence electrons. The molecule has 0 spiro atoms. The number of rotatable bonds is 31. The molecule has 1 heterocycles. The van der Waals surface area contributed by atoms with Gasteiger partial charge in [-0.3, -0.25) is 0 Å². The fourth-order valence-electron chi connectivity index (χ4n) is 6.38. The molecule has 1 aliphatic heterocycles. The van der Waals surface area contributed by atoms with Crippen molar-refractivity contribution in [2.45, 2.75) is 226 Å². The molecular formula is C38H75NO. The van der Waals surface area contributed by atoms with E-state index in [9.17, 15) is 0 Å². The number of hydrogen-bond donors (Lipinski definition) is 0. The summed E-state index contributed by atoms with van der Waals surface area (Å²) in [6.07, 6.45) is 42.7. The van der Waals surface area contributed by atoms with Crippen LogP contribution < -0.4 is 0 Å². The van der Waals surface area contributed by atoms with Crippen molar-refractivity contribution in [1.29, 1.82) is 0 Å². The lowest BCUT2D eigenvalue weighted by molar-refractivity contribution is 0.259. The minimum atomic E-state index is -0.0153. The van der Waals surface area contributed by atoms with E-state index in [1.807, 2.05) is 0 Å². The van der Waals surface area contributed by atoms with E-state index >= 15 is 0 Å². The van der Waals surface area contributed by atoms with E-state index in [1.54, 1.807) is 0 Å². The van der Waals surface area contributed by atoms with Crippen molar-refractivity contribution in [3.8, 4) is 0 Å². The van der Waals surface area contributed by atoms with Gasteiger partial charge in [-0.05, 0) is 26.7 Å². The molecule has 0 atom stereocenters. The van der Waals surface area contributed by atoms with Crippen LogP contribution in [-0.2, 0) is 4.74 Å². The Morgan fingerprint density at radius 1 is 0.475 bits per heavy atom. The Morgan fingerprint density at radius 3 is 1.00 bits per heavy atom. The summed E-state index contributed by atoms with van der Waals surface area (Å²) in [6, 6.07) is 0. The highest BCUT2D eigenvalue weighted by molar-refractivity contribution is 5.80. The first-order valence-electron chi connectivity index (χ1n) is 18.8. The Balaban J connectivity index is 2.04. The molecule has 0 amide bonds. The van der Waals surface area contributed by atoms with Crippen LogP contribution in [-0.4, -0.2) is 18.0 Å². The molecule has 0 radical (unpaired) electrons. The van der Waals surface area contributed by atoms with Gasteiger partial charge in [0.05, 0.1) is 5.54 Å². The highest BCUT2D eigenvalue weighted by atomic mass is 16.5. The number of unbranched alkanes of at least 4 members (excludes halogenated alkanes) is 26. The molecule has 0 aliphatic carbocycles. The summed E-state index contributed by atoms with van der Waals surface area (Å²) in [6.45, 7) is 9.82. The van der Waals surface area contributed by atoms with Crippen LogP contribution in [0.15, 0.2) is 4.99 Å². The first-order chi connectivity index (χ1) is 19.6. The molecule has 0 N–H and O–H groups in total. The summed E-state index contributed by atoms with van der Waals surface area (Å²) in [5, 5.41) is 0. The quantitative estimate of drug-likeness (QED) is 0.0771. The molecule has 0 aromatic heterocycles. The van der Waals surface area contributed by atoms with Crippen molar-refractivity contribution < 1.29 is 4.74 Å². The maximum Gasteiger partial charge on any atom is 0.187 e. The first kappa shape index (κ1) is 37.5. The van der Waals surface area contributed by atoms with E-state index in [0.29, 0.717) is 5.92 Å². The van der Waals surface area contributed by atoms with Crippen LogP contribution in [0.5, 0.6) is 0 Å². The molecule has 2 nitrogen and oxygen atoms in total. The lowest BCUT2D eigenvalue weighted by Crippen LogP contribution is -2.17. The zero-order valence-corrected chi connectivity index (χ0v) is 28.4. The van der Waals surface area contributed by atoms with Gasteiger partial charge in [-0.1, -0.05) is 194 Å². The number of nitrogens with zero attached hydrogens (tertiary/aromatic N) is 1. The predicted molar refractivity (Wildman–Crippen MR) is 181 cm³/mol. The molecule has 0 fully saturated rings. The SMILES string of the molecule is CCCCCCCCCCCCCCCCC(CCCCCCCCCCCCCCCC)C1=NC(C)(C)CO1. The minimum absolute atomic E-state index is 0.0153. The Bertz CT molecular complexity index is 522. The summed E-state index contributed by atoms with van der Waals surface area (Å²) in [5.41, 5.74) is -0.0153. The van der Waals surface area contributed by atoms with E-state index in [0.717, 1.165) is 12.5 Å². The summed E-state index contributed by atoms with van der Waals surface area (Å²) >= 11 is 0. The molecule has 0 saturated heterocycles. The summed E-state index contributed by atoms with van der Waals surface area (Å²) in [7, 11) is 0. The van der Waals surface area contributed by atoms with Gasteiger partial charge in [0.1, 0.15) is 6.61 Å². The summed E-state index contributed by atoms with van der Waals surface area (Å²) < 4.78 is 6.12. The number of hydrogen-bond acceptors (Lipinski definition) is 2. The monoisotopic (exact) mass is 562 g/mol. The van der Waals surface area contributed by atoms with E-state index < -0.39 is 0 Å². The smallest absolute Gasteiger partial charge is 0.187 e. The third kappa shape index (κ3) is 23.1. The van der Waals surface area contributed by atoms with Gasteiger partial charge in [-0.15, -0.1) is 0 Å². The highest BCUT2D eigenvalue weighted by Gasteiger charge is 2.30. The van der Waals surface area contributed by atoms with Crippen molar-refractivity contribution in [1.82, 2.24) is 0 Å². The molecule has 2 heteroatoms. The molecule has 1 rings (SSSR count). The number of ether oxygens (including phenoxy) is 1. The second-order valence-electron chi connectivity index (χ2n) is 14.0. The maximum atomic E-state index is 6.12. The fourth-order valence-corrected chi connectivity index (χ4v) is 6.38. The lowest BCUT2D eigenvalue weighted by Gasteiger charge is -2.16. The highest BCUT2D eigenvalue weighted by Crippen LogP contribution is 2.27. The molecule has 1 aliphatic rings. The summed E-state index contributed by atoms with van der Waals surface area (Å²) in [4.78, 5) is 4.98. The normalized spacial score (nSPS) is 14.7. The molecule has 0 aromatic rings. The average molecular weight is 562 g/mol. The Labute approximate surface area is 253 Å². The van der Waals surface area contributed by atoms with Crippen LogP contribution in [0.2, 0.25) is 0 Å². The van der Waals surface area contributed by atoms with Crippen LogP contribution in [0, 0.1) is 5.92 Å². The van der Waals surface area contributed by atoms with E-state index in [-0.39, 0.29) is 5.54 Å². The van der Waals surface area contributed by atoms with E-state index in [2.05, 4.69) is 27.7 Å². The molecule has 0 unspecified atom stereocenters. The predicted octanol–water partition coefficient (Wildman–Crippen LogP) is 13.6. The van der Waals surface area contributed by atoms with Gasteiger partial charge in [0.25, 0.3) is 0 Å². The molecule has 0 saturated carbocycles. The van der Waals surface area contributed by atoms with Gasteiger partial charge in [0.2, 0.25) is 0 Å². The lowest BCUT2D eigenvalue weighted by atomic mass is 9.93. The standard InChI is InChI=1S/C38H75NO/c1-5-7-9-11-13-15-17-19-21-23-25-27-29-31-33-36(37-39-38(3,4)35-40-37)34-32-30-28-26-24-22-20-18-16-14-12-10-8-6-2/h36H,5-35H2,1-4H3. The van der Waals surface area contributed by atoms with Gasteiger partial charge in [-0.2, -0.15) is 0 Å². The van der Waals surface area contributed by atoms with Gasteiger partial charge in [0.15, 0.2) is 5.90 Å². The van der Waals surface area contributed by atoms with Gasteiger partial charge in [0, 0.05) is 5.92 Å². The number of aliphatic imine (C=N–C) groups is 1. The molecule has 0 aromatic carbocycles. The van der Waals surface area contributed by atoms with Crippen molar-refractivity contribution in [2.75, 3.05) is 6.61 Å². The van der Waals surface area contributed by atoms with Crippen LogP contribution in [0.4, 0.5) is 0 Å². The molecule has 40 heavy (non-hydrogen) atoms. The molecular weight excluding hydrogens is 486 g/mol. The van der Waals surface area contributed by atoms with Gasteiger partial charge in [-0.25, -0.2) is 4.99 Å². The zero-order valence-electron chi connectivity index (χ0n) is 28.4. The maximum absolute atomic E-state index is 6.12. The van der Waals surface area contributed by atoms with Crippen molar-refractivity contribution >= 4 is 5.90 Å². The van der Waals surface area contributed by atoms with Crippen LogP contribution in [0.3, 0.4) is 0 Å². The molecule has 0 bridgehead atoms. The van der Waals surface area contributed by atoms with Crippen molar-refractivity contribution in [3.05, 3.63) is 0 Å². The Kier molecular flexibility index (Phi) is 25.6. The third-order valence-electron chi connectivity index (χ3n) is 9.15. The fraction of sp³-hybridized carbons (Fsp3) is 0.974. The third-order valence-corrected chi connectivity index (χ3v) is 9.15. The van der Waals surface area contributed by atoms with Crippen molar-refractivity contribution in [3.63, 3.8) is 0 Å². The van der Waals surface area contributed by atoms with E-state index in [4.69, 9.17) is 9.73 Å². The topological polar surface area (TPSA) is 21.6 Å². The van der Waals surface area contributed by atoms with Gasteiger partial charge < -0.3 is 4.74 Å². The average Bonchev–Trinajstić information content (AvgIpc) is 3.31. The first-order valence-corrected chi connectivity index (χ1v) is 18.8. The Morgan fingerprint density at radius 2 is 0.750 bits per heavy atom.